The van der Waals surface area contributed by atoms with Gasteiger partial charge in [-0.3, -0.25) is 14.4 Å². The van der Waals surface area contributed by atoms with Crippen molar-refractivity contribution in [2.75, 3.05) is 25.0 Å². The summed E-state index contributed by atoms with van der Waals surface area (Å²) in [5.74, 6) is -0.254. The largest absolute Gasteiger partial charge is 0.338 e. The number of nitrogens with zero attached hydrogens (tertiary/aromatic N) is 2. The molecule has 1 saturated heterocycles. The number of benzene rings is 1. The predicted octanol–water partition coefficient (Wildman–Crippen LogP) is 2.53. The molecule has 6 nitrogen and oxygen atoms in total. The first-order valence-corrected chi connectivity index (χ1v) is 9.62. The van der Waals surface area contributed by atoms with Crippen LogP contribution in [0.2, 0.25) is 5.02 Å². The van der Waals surface area contributed by atoms with Gasteiger partial charge in [0.15, 0.2) is 0 Å². The van der Waals surface area contributed by atoms with Gasteiger partial charge in [0.2, 0.25) is 11.8 Å². The fourth-order valence-electron chi connectivity index (χ4n) is 4.24. The first kappa shape index (κ1) is 17.3. The fraction of sp³-hybridized carbons (Fsp3) is 0.526. The summed E-state index contributed by atoms with van der Waals surface area (Å²) in [6.07, 6.45) is 5.24. The molecule has 0 bridgehead atoms. The molecule has 1 unspecified atom stereocenters. The molecule has 2 aliphatic heterocycles. The van der Waals surface area contributed by atoms with Gasteiger partial charge in [0.25, 0.3) is 5.91 Å². The second kappa shape index (κ2) is 6.91. The van der Waals surface area contributed by atoms with Crippen molar-refractivity contribution in [1.29, 1.82) is 0 Å². The second-order valence-corrected chi connectivity index (χ2v) is 7.75. The Labute approximate surface area is 157 Å². The Bertz CT molecular complexity index is 760. The summed E-state index contributed by atoms with van der Waals surface area (Å²) < 4.78 is 0. The van der Waals surface area contributed by atoms with Gasteiger partial charge in [-0.2, -0.15) is 0 Å². The zero-order valence-electron chi connectivity index (χ0n) is 14.5. The molecule has 1 aromatic rings. The minimum atomic E-state index is -0.657. The molecular weight excluding hydrogens is 354 g/mol. The third kappa shape index (κ3) is 3.07. The van der Waals surface area contributed by atoms with E-state index in [1.165, 1.54) is 6.42 Å². The number of halogens is 1. The number of fused-ring (bicyclic) bond motifs is 2. The summed E-state index contributed by atoms with van der Waals surface area (Å²) in [7, 11) is 0. The molecule has 26 heavy (non-hydrogen) atoms. The van der Waals surface area contributed by atoms with E-state index < -0.39 is 6.04 Å². The van der Waals surface area contributed by atoms with Gasteiger partial charge in [-0.25, -0.2) is 0 Å². The Morgan fingerprint density at radius 2 is 1.88 bits per heavy atom. The van der Waals surface area contributed by atoms with E-state index in [0.717, 1.165) is 25.7 Å². The lowest BCUT2D eigenvalue weighted by molar-refractivity contribution is -0.140. The first-order chi connectivity index (χ1) is 12.5. The summed E-state index contributed by atoms with van der Waals surface area (Å²) in [4.78, 5) is 41.8. The zero-order valence-corrected chi connectivity index (χ0v) is 15.3. The van der Waals surface area contributed by atoms with Gasteiger partial charge in [0, 0.05) is 24.0 Å². The highest BCUT2D eigenvalue weighted by atomic mass is 35.5. The molecule has 0 radical (unpaired) electrons. The maximum absolute atomic E-state index is 12.9. The van der Waals surface area contributed by atoms with E-state index in [1.54, 1.807) is 28.0 Å². The number of hydrogen-bond acceptors (Lipinski definition) is 3. The number of amides is 3. The molecular formula is C19H22ClN3O3. The van der Waals surface area contributed by atoms with Crippen molar-refractivity contribution in [3.05, 3.63) is 28.8 Å². The standard InChI is InChI=1S/C19H22ClN3O3/c20-13-6-7-14-15(10-13)21-17(24)16-11-22(8-9-23(16)19(14)26)18(25)12-4-2-1-3-5-12/h6-7,10,12,16H,1-5,8-9,11H2,(H,21,24). The molecule has 1 saturated carbocycles. The number of rotatable bonds is 1. The van der Waals surface area contributed by atoms with Crippen LogP contribution in [-0.2, 0) is 9.59 Å². The van der Waals surface area contributed by atoms with Gasteiger partial charge in [-0.1, -0.05) is 30.9 Å². The third-order valence-electron chi connectivity index (χ3n) is 5.68. The Hall–Kier alpha value is -2.08. The highest BCUT2D eigenvalue weighted by Crippen LogP contribution is 2.30. The predicted molar refractivity (Wildman–Crippen MR) is 98.1 cm³/mol. The van der Waals surface area contributed by atoms with Gasteiger partial charge in [0.05, 0.1) is 17.8 Å². The minimum absolute atomic E-state index is 0.0656. The van der Waals surface area contributed by atoms with E-state index in [9.17, 15) is 14.4 Å². The van der Waals surface area contributed by atoms with Crippen molar-refractivity contribution in [2.24, 2.45) is 5.92 Å². The lowest BCUT2D eigenvalue weighted by Gasteiger charge is -2.40. The summed E-state index contributed by atoms with van der Waals surface area (Å²) in [5.41, 5.74) is 0.879. The SMILES string of the molecule is O=C1Nc2cc(Cl)ccc2C(=O)N2CCN(C(=O)C3CCCCC3)CC12. The van der Waals surface area contributed by atoms with Gasteiger partial charge in [-0.15, -0.1) is 0 Å². The number of hydrogen-bond donors (Lipinski definition) is 1. The van der Waals surface area contributed by atoms with Crippen LogP contribution < -0.4 is 5.32 Å². The molecule has 3 aliphatic rings. The van der Waals surface area contributed by atoms with Crippen LogP contribution >= 0.6 is 11.6 Å². The van der Waals surface area contributed by atoms with Crippen molar-refractivity contribution < 1.29 is 14.4 Å². The fourth-order valence-corrected chi connectivity index (χ4v) is 4.41. The number of carbonyl (C=O) groups excluding carboxylic acids is 3. The van der Waals surface area contributed by atoms with Gasteiger partial charge < -0.3 is 15.1 Å². The summed E-state index contributed by atoms with van der Waals surface area (Å²) in [6.45, 7) is 1.11. The number of carbonyl (C=O) groups is 3. The van der Waals surface area contributed by atoms with E-state index >= 15 is 0 Å². The third-order valence-corrected chi connectivity index (χ3v) is 5.91. The zero-order chi connectivity index (χ0) is 18.3. The van der Waals surface area contributed by atoms with Gasteiger partial charge >= 0.3 is 0 Å². The molecule has 7 heteroatoms. The Morgan fingerprint density at radius 3 is 2.65 bits per heavy atom. The highest BCUT2D eigenvalue weighted by Gasteiger charge is 2.41. The monoisotopic (exact) mass is 375 g/mol. The molecule has 1 N–H and O–H groups in total. The molecule has 1 atom stereocenters. The van der Waals surface area contributed by atoms with Crippen LogP contribution in [0.3, 0.4) is 0 Å². The lowest BCUT2D eigenvalue weighted by atomic mass is 9.88. The molecule has 0 spiro atoms. The van der Waals surface area contributed by atoms with Crippen molar-refractivity contribution in [3.63, 3.8) is 0 Å². The van der Waals surface area contributed by atoms with Crippen LogP contribution in [-0.4, -0.2) is 53.2 Å². The average molecular weight is 376 g/mol. The number of piperazine rings is 1. The van der Waals surface area contributed by atoms with Crippen LogP contribution in [0.1, 0.15) is 42.5 Å². The summed E-state index contributed by atoms with van der Waals surface area (Å²) in [6, 6.07) is 4.22. The molecule has 2 heterocycles. The maximum Gasteiger partial charge on any atom is 0.256 e. The maximum atomic E-state index is 12.9. The Morgan fingerprint density at radius 1 is 1.12 bits per heavy atom. The van der Waals surface area contributed by atoms with Gasteiger partial charge in [-0.05, 0) is 31.0 Å². The van der Waals surface area contributed by atoms with Crippen LogP contribution in [0.25, 0.3) is 0 Å². The Balaban J connectivity index is 1.55. The smallest absolute Gasteiger partial charge is 0.256 e. The number of nitrogens with one attached hydrogen (secondary N) is 1. The minimum Gasteiger partial charge on any atom is -0.338 e. The van der Waals surface area contributed by atoms with Crippen LogP contribution in [0.5, 0.6) is 0 Å². The van der Waals surface area contributed by atoms with E-state index in [4.69, 9.17) is 11.6 Å². The van der Waals surface area contributed by atoms with Crippen molar-refractivity contribution in [3.8, 4) is 0 Å². The first-order valence-electron chi connectivity index (χ1n) is 9.25. The topological polar surface area (TPSA) is 69.7 Å². The van der Waals surface area contributed by atoms with Crippen LogP contribution in [0, 0.1) is 5.92 Å². The average Bonchev–Trinajstić information content (AvgIpc) is 2.76. The van der Waals surface area contributed by atoms with Crippen LogP contribution in [0.4, 0.5) is 5.69 Å². The quantitative estimate of drug-likeness (QED) is 0.820. The second-order valence-electron chi connectivity index (χ2n) is 7.31. The highest BCUT2D eigenvalue weighted by molar-refractivity contribution is 6.31. The van der Waals surface area contributed by atoms with E-state index in [2.05, 4.69) is 5.32 Å². The van der Waals surface area contributed by atoms with Crippen LogP contribution in [0.15, 0.2) is 18.2 Å². The molecule has 0 aromatic heterocycles. The lowest BCUT2D eigenvalue weighted by Crippen LogP contribution is -2.60. The van der Waals surface area contributed by atoms with E-state index in [0.29, 0.717) is 29.4 Å². The van der Waals surface area contributed by atoms with Crippen molar-refractivity contribution in [2.45, 2.75) is 38.1 Å². The van der Waals surface area contributed by atoms with Crippen molar-refractivity contribution >= 4 is 35.0 Å². The molecule has 4 rings (SSSR count). The number of anilines is 1. The summed E-state index contributed by atoms with van der Waals surface area (Å²) >= 11 is 6.00. The molecule has 3 amide bonds. The molecule has 2 fully saturated rings. The normalized spacial score (nSPS) is 23.8. The van der Waals surface area contributed by atoms with E-state index in [1.807, 2.05) is 0 Å². The molecule has 1 aliphatic carbocycles. The molecule has 1 aromatic carbocycles. The van der Waals surface area contributed by atoms with Crippen molar-refractivity contribution in [1.82, 2.24) is 9.80 Å². The summed E-state index contributed by atoms with van der Waals surface area (Å²) in [5, 5.41) is 3.27. The Kier molecular flexibility index (Phi) is 4.61. The van der Waals surface area contributed by atoms with Gasteiger partial charge in [0.1, 0.15) is 6.04 Å². The molecule has 138 valence electrons. The van der Waals surface area contributed by atoms with E-state index in [-0.39, 0.29) is 30.2 Å².